The number of ether oxygens (including phenoxy) is 1. The van der Waals surface area contributed by atoms with Gasteiger partial charge in [-0.2, -0.15) is 4.39 Å². The van der Waals surface area contributed by atoms with E-state index >= 15 is 0 Å². The summed E-state index contributed by atoms with van der Waals surface area (Å²) in [6.45, 7) is 10.3. The lowest BCUT2D eigenvalue weighted by atomic mass is 10.1. The zero-order valence-electron chi connectivity index (χ0n) is 15.5. The number of rotatable bonds is 7. The molecule has 4 nitrogen and oxygen atoms in total. The maximum Gasteiger partial charge on any atom is 0.213 e. The van der Waals surface area contributed by atoms with E-state index in [-0.39, 0.29) is 0 Å². The molecule has 0 fully saturated rings. The molecule has 5 heteroatoms. The number of aromatic nitrogens is 2. The lowest BCUT2D eigenvalue weighted by molar-refractivity contribution is 0.294. The van der Waals surface area contributed by atoms with Crippen molar-refractivity contribution >= 4 is 21.8 Å². The molecule has 0 atom stereocenters. The smallest absolute Gasteiger partial charge is 0.213 e. The second kappa shape index (κ2) is 7.40. The second-order valence-electron chi connectivity index (χ2n) is 6.34. The molecule has 1 aromatic carbocycles. The summed E-state index contributed by atoms with van der Waals surface area (Å²) < 4.78 is 21.5. The molecule has 0 aliphatic rings. The van der Waals surface area contributed by atoms with Gasteiger partial charge in [0, 0.05) is 29.4 Å². The lowest BCUT2D eigenvalue weighted by Gasteiger charge is -2.18. The number of nitrogens with zero attached hydrogens (tertiary/aromatic N) is 3. The van der Waals surface area contributed by atoms with E-state index in [9.17, 15) is 4.39 Å². The average Bonchev–Trinajstić information content (AvgIpc) is 2.92. The highest BCUT2D eigenvalue weighted by atomic mass is 19.1. The van der Waals surface area contributed by atoms with Gasteiger partial charge in [-0.25, -0.2) is 4.98 Å². The summed E-state index contributed by atoms with van der Waals surface area (Å²) in [6, 6.07) is 7.51. The first-order chi connectivity index (χ1) is 12.1. The number of hydrogen-bond acceptors (Lipinski definition) is 3. The molecule has 0 spiro atoms. The predicted octanol–water partition coefficient (Wildman–Crippen LogP) is 4.38. The highest BCUT2D eigenvalue weighted by Crippen LogP contribution is 2.33. The van der Waals surface area contributed by atoms with Gasteiger partial charge in [0.05, 0.1) is 23.8 Å². The first-order valence-electron chi connectivity index (χ1n) is 8.94. The Balaban J connectivity index is 2.09. The van der Waals surface area contributed by atoms with E-state index in [2.05, 4.69) is 28.3 Å². The summed E-state index contributed by atoms with van der Waals surface area (Å²) in [7, 11) is 1.67. The lowest BCUT2D eigenvalue weighted by Crippen LogP contribution is -2.24. The van der Waals surface area contributed by atoms with Crippen molar-refractivity contribution in [3.63, 3.8) is 0 Å². The van der Waals surface area contributed by atoms with Crippen LogP contribution in [0.5, 0.6) is 5.75 Å². The van der Waals surface area contributed by atoms with Gasteiger partial charge >= 0.3 is 0 Å². The largest absolute Gasteiger partial charge is 0.497 e. The van der Waals surface area contributed by atoms with Gasteiger partial charge in [-0.1, -0.05) is 13.8 Å². The molecule has 2 heterocycles. The fourth-order valence-corrected chi connectivity index (χ4v) is 3.61. The summed E-state index contributed by atoms with van der Waals surface area (Å²) in [6.07, 6.45) is 1.04. The normalized spacial score (nSPS) is 11.8. The molecule has 0 unspecified atom stereocenters. The van der Waals surface area contributed by atoms with Crippen LogP contribution in [0, 0.1) is 12.9 Å². The molecule has 3 aromatic rings. The van der Waals surface area contributed by atoms with Crippen LogP contribution in [0.3, 0.4) is 0 Å². The number of fused-ring (bicyclic) bond motifs is 3. The van der Waals surface area contributed by atoms with Crippen LogP contribution < -0.4 is 4.74 Å². The van der Waals surface area contributed by atoms with Crippen LogP contribution in [-0.2, 0) is 6.54 Å². The van der Waals surface area contributed by atoms with Gasteiger partial charge < -0.3 is 14.2 Å². The highest BCUT2D eigenvalue weighted by molar-refractivity contribution is 6.09. The molecule has 25 heavy (non-hydrogen) atoms. The fraction of sp³-hybridized carbons (Fsp3) is 0.450. The predicted molar refractivity (Wildman–Crippen MR) is 101 cm³/mol. The maximum atomic E-state index is 13.9. The van der Waals surface area contributed by atoms with Crippen molar-refractivity contribution in [2.75, 3.05) is 26.7 Å². The second-order valence-corrected chi connectivity index (χ2v) is 6.34. The molecule has 134 valence electrons. The van der Waals surface area contributed by atoms with Gasteiger partial charge in [0.1, 0.15) is 5.75 Å². The first-order valence-corrected chi connectivity index (χ1v) is 8.94. The van der Waals surface area contributed by atoms with Crippen LogP contribution in [-0.4, -0.2) is 41.2 Å². The van der Waals surface area contributed by atoms with Gasteiger partial charge in [0.15, 0.2) is 0 Å². The third-order valence-corrected chi connectivity index (χ3v) is 4.94. The minimum Gasteiger partial charge on any atom is -0.497 e. The van der Waals surface area contributed by atoms with Gasteiger partial charge in [-0.15, -0.1) is 0 Å². The van der Waals surface area contributed by atoms with Crippen LogP contribution >= 0.6 is 0 Å². The van der Waals surface area contributed by atoms with Crippen LogP contribution in [0.25, 0.3) is 21.8 Å². The SMILES string of the molecule is CCN(CC)CCCn1c2cc(OC)ccc2c2cc(F)nc(C)c21. The highest BCUT2D eigenvalue weighted by Gasteiger charge is 2.15. The van der Waals surface area contributed by atoms with Crippen molar-refractivity contribution in [1.82, 2.24) is 14.5 Å². The van der Waals surface area contributed by atoms with E-state index in [1.165, 1.54) is 6.07 Å². The van der Waals surface area contributed by atoms with Crippen molar-refractivity contribution in [1.29, 1.82) is 0 Å². The molecule has 0 saturated carbocycles. The van der Waals surface area contributed by atoms with E-state index in [0.717, 1.165) is 65.8 Å². The van der Waals surface area contributed by atoms with Crippen LogP contribution in [0.2, 0.25) is 0 Å². The average molecular weight is 343 g/mol. The van der Waals surface area contributed by atoms with Gasteiger partial charge in [-0.05, 0) is 45.1 Å². The first kappa shape index (κ1) is 17.7. The number of aryl methyl sites for hydroxylation is 2. The molecule has 0 N–H and O–H groups in total. The minimum atomic E-state index is -0.428. The van der Waals surface area contributed by atoms with Crippen molar-refractivity contribution in [3.8, 4) is 5.75 Å². The summed E-state index contributed by atoms with van der Waals surface area (Å²) in [5, 5.41) is 1.97. The molecular formula is C20H26FN3O. The Bertz CT molecular complexity index is 884. The molecular weight excluding hydrogens is 317 g/mol. The van der Waals surface area contributed by atoms with Gasteiger partial charge in [0.2, 0.25) is 5.95 Å². The van der Waals surface area contributed by atoms with Gasteiger partial charge in [-0.3, -0.25) is 0 Å². The number of halogens is 1. The maximum absolute atomic E-state index is 13.9. The molecule has 0 aliphatic heterocycles. The van der Waals surface area contributed by atoms with E-state index in [0.29, 0.717) is 0 Å². The molecule has 0 amide bonds. The number of methoxy groups -OCH3 is 1. The van der Waals surface area contributed by atoms with Crippen LogP contribution in [0.1, 0.15) is 26.0 Å². The molecule has 2 aromatic heterocycles. The third kappa shape index (κ3) is 3.33. The molecule has 3 rings (SSSR count). The quantitative estimate of drug-likeness (QED) is 0.597. The fourth-order valence-electron chi connectivity index (χ4n) is 3.61. The number of benzene rings is 1. The molecule has 0 bridgehead atoms. The van der Waals surface area contributed by atoms with Crippen molar-refractivity contribution in [3.05, 3.63) is 35.9 Å². The zero-order valence-corrected chi connectivity index (χ0v) is 15.5. The van der Waals surface area contributed by atoms with Crippen LogP contribution in [0.15, 0.2) is 24.3 Å². The standard InChI is InChI=1S/C20H26FN3O/c1-5-23(6-2)10-7-11-24-18-12-15(25-4)8-9-16(18)17-13-19(21)22-14(3)20(17)24/h8-9,12-13H,5-7,10-11H2,1-4H3. The van der Waals surface area contributed by atoms with Crippen molar-refractivity contribution in [2.45, 2.75) is 33.7 Å². The van der Waals surface area contributed by atoms with E-state index in [4.69, 9.17) is 4.74 Å². The Labute approximate surface area is 148 Å². The Morgan fingerprint density at radius 1 is 1.16 bits per heavy atom. The Morgan fingerprint density at radius 2 is 1.92 bits per heavy atom. The summed E-state index contributed by atoms with van der Waals surface area (Å²) >= 11 is 0. The van der Waals surface area contributed by atoms with Gasteiger partial charge in [0.25, 0.3) is 0 Å². The zero-order chi connectivity index (χ0) is 18.0. The Morgan fingerprint density at radius 3 is 2.60 bits per heavy atom. The monoisotopic (exact) mass is 343 g/mol. The minimum absolute atomic E-state index is 0.428. The van der Waals surface area contributed by atoms with E-state index in [1.807, 2.05) is 25.1 Å². The summed E-state index contributed by atoms with van der Waals surface area (Å²) in [5.74, 6) is 0.384. The van der Waals surface area contributed by atoms with Crippen molar-refractivity contribution in [2.24, 2.45) is 0 Å². The number of hydrogen-bond donors (Lipinski definition) is 0. The van der Waals surface area contributed by atoms with Crippen LogP contribution in [0.4, 0.5) is 4.39 Å². The van der Waals surface area contributed by atoms with E-state index < -0.39 is 5.95 Å². The molecule has 0 radical (unpaired) electrons. The molecule has 0 aliphatic carbocycles. The third-order valence-electron chi connectivity index (χ3n) is 4.94. The van der Waals surface area contributed by atoms with E-state index in [1.54, 1.807) is 7.11 Å². The Hall–Kier alpha value is -2.14. The molecule has 0 saturated heterocycles. The Kier molecular flexibility index (Phi) is 5.23. The summed E-state index contributed by atoms with van der Waals surface area (Å²) in [4.78, 5) is 6.46. The van der Waals surface area contributed by atoms with Crippen molar-refractivity contribution < 1.29 is 9.13 Å². The summed E-state index contributed by atoms with van der Waals surface area (Å²) in [5.41, 5.74) is 2.82. The topological polar surface area (TPSA) is 30.3 Å². The number of pyridine rings is 1.